The normalized spacial score (nSPS) is 31.8. The summed E-state index contributed by atoms with van der Waals surface area (Å²) in [6.07, 6.45) is 0.108. The lowest BCUT2D eigenvalue weighted by Gasteiger charge is -2.53. The summed E-state index contributed by atoms with van der Waals surface area (Å²) in [5.74, 6) is -7.71. The first kappa shape index (κ1) is 25.9. The van der Waals surface area contributed by atoms with Gasteiger partial charge in [-0.05, 0) is 38.1 Å². The SMILES string of the molecule is CCCCOc1cccc2c1C(O)=C1C(=O)C3(O)C(O)=C(C(N)=O)C(=O)C(N(C)C)C3C(O)C1C2C. The zero-order valence-corrected chi connectivity index (χ0v) is 20.7. The molecule has 36 heavy (non-hydrogen) atoms. The summed E-state index contributed by atoms with van der Waals surface area (Å²) in [5.41, 5.74) is 2.18. The molecule has 4 rings (SSSR count). The molecule has 6 unspecified atom stereocenters. The van der Waals surface area contributed by atoms with E-state index in [9.17, 15) is 34.8 Å². The molecule has 0 spiro atoms. The summed E-state index contributed by atoms with van der Waals surface area (Å²) in [4.78, 5) is 40.6. The summed E-state index contributed by atoms with van der Waals surface area (Å²) in [6.45, 7) is 4.16. The van der Waals surface area contributed by atoms with Gasteiger partial charge in [-0.1, -0.05) is 32.4 Å². The van der Waals surface area contributed by atoms with Crippen LogP contribution in [0, 0.1) is 11.8 Å². The first-order chi connectivity index (χ1) is 16.9. The number of benzene rings is 1. The molecule has 3 aliphatic rings. The van der Waals surface area contributed by atoms with Crippen molar-refractivity contribution in [3.8, 4) is 5.75 Å². The highest BCUT2D eigenvalue weighted by molar-refractivity contribution is 6.24. The second kappa shape index (κ2) is 9.02. The van der Waals surface area contributed by atoms with E-state index in [4.69, 9.17) is 10.5 Å². The molecular weight excluding hydrogens is 468 g/mol. The van der Waals surface area contributed by atoms with Gasteiger partial charge in [-0.25, -0.2) is 0 Å². The van der Waals surface area contributed by atoms with Gasteiger partial charge in [-0.2, -0.15) is 0 Å². The molecule has 6 atom stereocenters. The van der Waals surface area contributed by atoms with Gasteiger partial charge in [0.25, 0.3) is 5.91 Å². The van der Waals surface area contributed by atoms with Crippen LogP contribution in [-0.4, -0.2) is 81.2 Å². The number of hydrogen-bond donors (Lipinski definition) is 5. The molecule has 1 fully saturated rings. The highest BCUT2D eigenvalue weighted by Gasteiger charge is 2.68. The highest BCUT2D eigenvalue weighted by Crippen LogP contribution is 2.56. The van der Waals surface area contributed by atoms with Crippen molar-refractivity contribution >= 4 is 23.2 Å². The maximum Gasteiger partial charge on any atom is 0.255 e. The number of aliphatic hydroxyl groups is 4. The van der Waals surface area contributed by atoms with Crippen LogP contribution in [0.4, 0.5) is 0 Å². The van der Waals surface area contributed by atoms with Crippen molar-refractivity contribution in [2.45, 2.75) is 50.4 Å². The number of aliphatic hydroxyl groups excluding tert-OH is 3. The van der Waals surface area contributed by atoms with Crippen LogP contribution >= 0.6 is 0 Å². The number of hydrogen-bond acceptors (Lipinski definition) is 9. The van der Waals surface area contributed by atoms with Crippen molar-refractivity contribution in [3.63, 3.8) is 0 Å². The number of amides is 1. The molecule has 0 heterocycles. The van der Waals surface area contributed by atoms with E-state index in [0.29, 0.717) is 17.9 Å². The molecule has 1 aromatic rings. The maximum atomic E-state index is 14.0. The van der Waals surface area contributed by atoms with Crippen LogP contribution in [0.5, 0.6) is 5.75 Å². The molecule has 10 nitrogen and oxygen atoms in total. The van der Waals surface area contributed by atoms with Crippen LogP contribution in [-0.2, 0) is 14.4 Å². The number of fused-ring (bicyclic) bond motifs is 3. The van der Waals surface area contributed by atoms with Gasteiger partial charge in [0, 0.05) is 11.5 Å². The van der Waals surface area contributed by atoms with Crippen LogP contribution in [0.3, 0.4) is 0 Å². The third-order valence-corrected chi connectivity index (χ3v) is 7.73. The predicted molar refractivity (Wildman–Crippen MR) is 129 cm³/mol. The molecule has 0 aromatic heterocycles. The van der Waals surface area contributed by atoms with Crippen LogP contribution in [0.1, 0.15) is 43.7 Å². The lowest BCUT2D eigenvalue weighted by molar-refractivity contribution is -0.169. The molecule has 0 bridgehead atoms. The fourth-order valence-electron chi connectivity index (χ4n) is 6.01. The Morgan fingerprint density at radius 2 is 1.89 bits per heavy atom. The first-order valence-electron chi connectivity index (χ1n) is 12.0. The molecule has 1 amide bonds. The summed E-state index contributed by atoms with van der Waals surface area (Å²) in [7, 11) is 2.98. The van der Waals surface area contributed by atoms with E-state index >= 15 is 0 Å². The minimum Gasteiger partial charge on any atom is -0.508 e. The minimum absolute atomic E-state index is 0.268. The molecule has 194 valence electrons. The van der Waals surface area contributed by atoms with Crippen LogP contribution in [0.2, 0.25) is 0 Å². The van der Waals surface area contributed by atoms with Crippen molar-refractivity contribution in [2.75, 3.05) is 20.7 Å². The number of unbranched alkanes of at least 4 members (excludes halogenated alkanes) is 1. The fraction of sp³-hybridized carbons (Fsp3) is 0.500. The maximum absolute atomic E-state index is 14.0. The molecule has 1 saturated carbocycles. The fourth-order valence-corrected chi connectivity index (χ4v) is 6.01. The van der Waals surface area contributed by atoms with Crippen molar-refractivity contribution in [1.29, 1.82) is 0 Å². The Bertz CT molecular complexity index is 1200. The van der Waals surface area contributed by atoms with Gasteiger partial charge in [0.2, 0.25) is 5.78 Å². The first-order valence-corrected chi connectivity index (χ1v) is 12.0. The second-order valence-electron chi connectivity index (χ2n) is 9.97. The number of ketones is 2. The number of likely N-dealkylation sites (N-methyl/N-ethyl adjacent to an activating group) is 1. The molecule has 0 saturated heterocycles. The minimum atomic E-state index is -2.86. The Kier molecular flexibility index (Phi) is 6.48. The Morgan fingerprint density at radius 1 is 1.22 bits per heavy atom. The van der Waals surface area contributed by atoms with E-state index in [1.807, 2.05) is 6.92 Å². The van der Waals surface area contributed by atoms with E-state index in [2.05, 4.69) is 0 Å². The third kappa shape index (κ3) is 3.39. The molecule has 0 radical (unpaired) electrons. The van der Waals surface area contributed by atoms with Gasteiger partial charge < -0.3 is 30.9 Å². The number of ether oxygens (including phenoxy) is 1. The van der Waals surface area contributed by atoms with Crippen molar-refractivity contribution in [1.82, 2.24) is 4.90 Å². The van der Waals surface area contributed by atoms with Gasteiger partial charge in [0.05, 0.1) is 30.2 Å². The van der Waals surface area contributed by atoms with Crippen LogP contribution in [0.25, 0.3) is 5.76 Å². The number of nitrogens with two attached hydrogens (primary N) is 1. The van der Waals surface area contributed by atoms with E-state index in [1.54, 1.807) is 25.1 Å². The van der Waals surface area contributed by atoms with Crippen molar-refractivity contribution in [3.05, 3.63) is 46.2 Å². The van der Waals surface area contributed by atoms with Gasteiger partial charge in [-0.15, -0.1) is 0 Å². The summed E-state index contributed by atoms with van der Waals surface area (Å²) < 4.78 is 5.87. The van der Waals surface area contributed by atoms with E-state index in [1.165, 1.54) is 19.0 Å². The van der Waals surface area contributed by atoms with Crippen LogP contribution < -0.4 is 10.5 Å². The van der Waals surface area contributed by atoms with Gasteiger partial charge in [0.1, 0.15) is 22.8 Å². The molecule has 0 aliphatic heterocycles. The lowest BCUT2D eigenvalue weighted by Crippen LogP contribution is -2.70. The largest absolute Gasteiger partial charge is 0.508 e. The number of carbonyl (C=O) groups excluding carboxylic acids is 3. The Morgan fingerprint density at radius 3 is 2.47 bits per heavy atom. The average molecular weight is 501 g/mol. The summed E-state index contributed by atoms with van der Waals surface area (Å²) in [6, 6.07) is 3.83. The second-order valence-corrected chi connectivity index (χ2v) is 9.97. The topological polar surface area (TPSA) is 171 Å². The quantitative estimate of drug-likeness (QED) is 0.282. The van der Waals surface area contributed by atoms with Crippen molar-refractivity contribution < 1.29 is 39.5 Å². The standard InChI is InChI=1S/C26H32N2O8/c1-5-6-10-36-13-9-7-8-12-11(2)14-16(20(29)15(12)13)23(32)26(35)18(21(14)30)19(28(3)4)22(31)17(24(26)33)25(27)34/h7-9,11,14,18-19,21,29-30,33,35H,5-6,10H2,1-4H3,(H2,27,34). The van der Waals surface area contributed by atoms with Gasteiger partial charge >= 0.3 is 0 Å². The Balaban J connectivity index is 1.98. The third-order valence-electron chi connectivity index (χ3n) is 7.73. The monoisotopic (exact) mass is 500 g/mol. The molecule has 3 aliphatic carbocycles. The summed E-state index contributed by atoms with van der Waals surface area (Å²) in [5, 5.41) is 45.6. The van der Waals surface area contributed by atoms with E-state index < -0.39 is 70.1 Å². The Hall–Kier alpha value is -3.21. The van der Waals surface area contributed by atoms with Crippen LogP contribution in [0.15, 0.2) is 35.1 Å². The molecule has 6 N–H and O–H groups in total. The van der Waals surface area contributed by atoms with Gasteiger partial charge in [0.15, 0.2) is 11.4 Å². The highest BCUT2D eigenvalue weighted by atomic mass is 16.5. The zero-order chi connectivity index (χ0) is 26.7. The van der Waals surface area contributed by atoms with Crippen molar-refractivity contribution in [2.24, 2.45) is 17.6 Å². The Labute approximate surface area is 208 Å². The molecular formula is C26H32N2O8. The summed E-state index contributed by atoms with van der Waals surface area (Å²) >= 11 is 0. The van der Waals surface area contributed by atoms with E-state index in [-0.39, 0.29) is 11.1 Å². The lowest BCUT2D eigenvalue weighted by atomic mass is 9.54. The number of rotatable bonds is 6. The number of Topliss-reactive ketones (excluding diaryl/α,β-unsaturated/α-hetero) is 2. The number of nitrogens with zero attached hydrogens (tertiary/aromatic N) is 1. The average Bonchev–Trinajstić information content (AvgIpc) is 2.81. The smallest absolute Gasteiger partial charge is 0.255 e. The molecule has 10 heteroatoms. The zero-order valence-electron chi connectivity index (χ0n) is 20.7. The number of carbonyl (C=O) groups is 3. The molecule has 1 aromatic carbocycles. The predicted octanol–water partition coefficient (Wildman–Crippen LogP) is 0.969. The van der Waals surface area contributed by atoms with E-state index in [0.717, 1.165) is 12.8 Å². The van der Waals surface area contributed by atoms with Gasteiger partial charge in [-0.3, -0.25) is 19.3 Å². The number of primary amides is 1.